The number of nitrogens with zero attached hydrogens (tertiary/aromatic N) is 3. The number of aliphatic imine (C=N–C) groups is 1. The molecule has 0 fully saturated rings. The number of nitrogens with one attached hydrogen (secondary N) is 1. The second-order valence-electron chi connectivity index (χ2n) is 3.85. The van der Waals surface area contributed by atoms with Crippen molar-refractivity contribution in [1.29, 1.82) is 0 Å². The third kappa shape index (κ3) is 1.20. The summed E-state index contributed by atoms with van der Waals surface area (Å²) < 4.78 is 15.7. The maximum Gasteiger partial charge on any atom is 0.337 e. The highest BCUT2D eigenvalue weighted by atomic mass is 19.1. The fourth-order valence-corrected chi connectivity index (χ4v) is 1.90. The molecule has 0 amide bonds. The molecule has 1 unspecified atom stereocenters. The Labute approximate surface area is 101 Å². The third-order valence-corrected chi connectivity index (χ3v) is 2.81. The van der Waals surface area contributed by atoms with Gasteiger partial charge in [-0.1, -0.05) is 18.2 Å². The van der Waals surface area contributed by atoms with Crippen molar-refractivity contribution in [1.82, 2.24) is 14.3 Å². The summed E-state index contributed by atoms with van der Waals surface area (Å²) in [5, 5.41) is 2.06. The molecule has 1 N–H and O–H groups in total. The van der Waals surface area contributed by atoms with E-state index in [1.54, 1.807) is 18.2 Å². The van der Waals surface area contributed by atoms with Crippen LogP contribution in [0.15, 0.2) is 38.8 Å². The van der Waals surface area contributed by atoms with Crippen LogP contribution in [0.5, 0.6) is 0 Å². The van der Waals surface area contributed by atoms with Gasteiger partial charge in [0.25, 0.3) is 5.79 Å². The van der Waals surface area contributed by atoms with Gasteiger partial charge in [-0.2, -0.15) is 4.68 Å². The van der Waals surface area contributed by atoms with Crippen molar-refractivity contribution in [2.75, 3.05) is 0 Å². The van der Waals surface area contributed by atoms with Crippen molar-refractivity contribution in [3.8, 4) is 0 Å². The van der Waals surface area contributed by atoms with E-state index in [1.807, 2.05) is 0 Å². The predicted molar refractivity (Wildman–Crippen MR) is 63.2 cm³/mol. The number of H-pyrrole nitrogens is 1. The highest BCUT2D eigenvalue weighted by Gasteiger charge is 2.40. The number of hydrogen-bond acceptors (Lipinski definition) is 3. The number of rotatable bonds is 1. The summed E-state index contributed by atoms with van der Waals surface area (Å²) in [4.78, 5) is 26.8. The Kier molecular flexibility index (Phi) is 1.98. The molecule has 0 aliphatic carbocycles. The van der Waals surface area contributed by atoms with Gasteiger partial charge in [-0.25, -0.2) is 19.1 Å². The summed E-state index contributed by atoms with van der Waals surface area (Å²) in [7, 11) is 5.18. The summed E-state index contributed by atoms with van der Waals surface area (Å²) in [6, 6.07) is 6.41. The lowest BCUT2D eigenvalue weighted by molar-refractivity contribution is 0.197. The van der Waals surface area contributed by atoms with E-state index in [9.17, 15) is 14.0 Å². The standard InChI is InChI=1S/C10H6BFN4O2/c11-15-8(17)14-16(9(15)18)10(12)5-13-7-4-2-1-3-6(7)10/h1-5H,(H,14,17). The van der Waals surface area contributed by atoms with E-state index in [4.69, 9.17) is 7.98 Å². The lowest BCUT2D eigenvalue weighted by atomic mass is 10.1. The topological polar surface area (TPSA) is 72.2 Å². The number of hydrogen-bond donors (Lipinski definition) is 1. The lowest BCUT2D eigenvalue weighted by Gasteiger charge is -2.17. The van der Waals surface area contributed by atoms with Crippen LogP contribution in [0.2, 0.25) is 0 Å². The van der Waals surface area contributed by atoms with E-state index in [-0.39, 0.29) is 5.56 Å². The summed E-state index contributed by atoms with van der Waals surface area (Å²) in [6.45, 7) is 0. The van der Waals surface area contributed by atoms with Gasteiger partial charge in [0.05, 0.1) is 11.9 Å². The highest BCUT2D eigenvalue weighted by molar-refractivity contribution is 6.06. The first-order valence-corrected chi connectivity index (χ1v) is 5.07. The molecule has 0 saturated carbocycles. The summed E-state index contributed by atoms with van der Waals surface area (Å²) in [6.07, 6.45) is 0.953. The van der Waals surface area contributed by atoms with Gasteiger partial charge >= 0.3 is 11.4 Å². The lowest BCUT2D eigenvalue weighted by Crippen LogP contribution is -2.39. The Bertz CT molecular complexity index is 775. The van der Waals surface area contributed by atoms with Crippen LogP contribution >= 0.6 is 0 Å². The first-order valence-electron chi connectivity index (χ1n) is 5.07. The molecule has 1 aliphatic rings. The van der Waals surface area contributed by atoms with E-state index in [0.717, 1.165) is 6.21 Å². The Morgan fingerprint density at radius 2 is 2.06 bits per heavy atom. The van der Waals surface area contributed by atoms with Gasteiger partial charge in [0.1, 0.15) is 0 Å². The SMILES string of the molecule is [B]n1c(=O)[nH]n(C2(F)C=Nc3ccccc32)c1=O. The second kappa shape index (κ2) is 3.31. The molecule has 1 aromatic carbocycles. The Morgan fingerprint density at radius 3 is 2.72 bits per heavy atom. The van der Waals surface area contributed by atoms with Crippen LogP contribution in [-0.2, 0) is 5.79 Å². The van der Waals surface area contributed by atoms with Gasteiger partial charge in [-0.3, -0.25) is 4.99 Å². The van der Waals surface area contributed by atoms with Crippen LogP contribution in [-0.4, -0.2) is 28.5 Å². The molecule has 2 aromatic rings. The molecule has 18 heavy (non-hydrogen) atoms. The quantitative estimate of drug-likeness (QED) is 0.696. The minimum absolute atomic E-state index is 0.175. The van der Waals surface area contributed by atoms with Gasteiger partial charge in [0.15, 0.2) is 0 Å². The molecule has 88 valence electrons. The van der Waals surface area contributed by atoms with Crippen LogP contribution in [0.4, 0.5) is 10.1 Å². The minimum atomic E-state index is -2.32. The van der Waals surface area contributed by atoms with Crippen LogP contribution in [0.3, 0.4) is 0 Å². The van der Waals surface area contributed by atoms with Crippen molar-refractivity contribution >= 4 is 19.9 Å². The maximum absolute atomic E-state index is 14.9. The molecule has 6 nitrogen and oxygen atoms in total. The molecule has 8 heteroatoms. The van der Waals surface area contributed by atoms with E-state index < -0.39 is 17.2 Å². The number of aromatic nitrogens is 3. The van der Waals surface area contributed by atoms with Crippen LogP contribution in [0, 0.1) is 0 Å². The van der Waals surface area contributed by atoms with E-state index >= 15 is 0 Å². The molecular formula is C10H6BFN4O2. The second-order valence-corrected chi connectivity index (χ2v) is 3.85. The van der Waals surface area contributed by atoms with Gasteiger partial charge in [-0.15, -0.1) is 0 Å². The molecule has 0 spiro atoms. The average molecular weight is 244 g/mol. The molecular weight excluding hydrogens is 238 g/mol. The van der Waals surface area contributed by atoms with Gasteiger partial charge in [0.2, 0.25) is 7.98 Å². The molecule has 2 heterocycles. The fourth-order valence-electron chi connectivity index (χ4n) is 1.90. The molecule has 1 aliphatic heterocycles. The van der Waals surface area contributed by atoms with E-state index in [1.165, 1.54) is 6.07 Å². The van der Waals surface area contributed by atoms with Crippen LogP contribution in [0.25, 0.3) is 0 Å². The van der Waals surface area contributed by atoms with Crippen molar-refractivity contribution < 1.29 is 4.39 Å². The molecule has 0 saturated heterocycles. The Hall–Kier alpha value is -2.38. The van der Waals surface area contributed by atoms with Crippen LogP contribution < -0.4 is 11.4 Å². The molecule has 3 rings (SSSR count). The summed E-state index contributed by atoms with van der Waals surface area (Å²) >= 11 is 0. The zero-order valence-electron chi connectivity index (χ0n) is 9.00. The van der Waals surface area contributed by atoms with E-state index in [2.05, 4.69) is 10.1 Å². The van der Waals surface area contributed by atoms with Crippen LogP contribution in [0.1, 0.15) is 5.56 Å². The number of benzene rings is 1. The maximum atomic E-state index is 14.9. The van der Waals surface area contributed by atoms with Crippen molar-refractivity contribution in [2.24, 2.45) is 4.99 Å². The smallest absolute Gasteiger partial charge is 0.302 e. The minimum Gasteiger partial charge on any atom is -0.302 e. The largest absolute Gasteiger partial charge is 0.337 e. The van der Waals surface area contributed by atoms with Gasteiger partial charge in [0, 0.05) is 5.56 Å². The number of aromatic amines is 1. The number of fused-ring (bicyclic) bond motifs is 1. The van der Waals surface area contributed by atoms with Gasteiger partial charge < -0.3 is 4.48 Å². The highest BCUT2D eigenvalue weighted by Crippen LogP contribution is 2.37. The third-order valence-electron chi connectivity index (χ3n) is 2.81. The van der Waals surface area contributed by atoms with Crippen molar-refractivity contribution in [3.63, 3.8) is 0 Å². The molecule has 0 bridgehead atoms. The molecule has 1 aromatic heterocycles. The molecule has 1 atom stereocenters. The Morgan fingerprint density at radius 1 is 1.33 bits per heavy atom. The monoisotopic (exact) mass is 244 g/mol. The van der Waals surface area contributed by atoms with Crippen molar-refractivity contribution in [3.05, 3.63) is 50.8 Å². The number of alkyl halides is 1. The first kappa shape index (κ1) is 10.8. The zero-order chi connectivity index (χ0) is 12.9. The van der Waals surface area contributed by atoms with E-state index in [0.29, 0.717) is 14.8 Å². The van der Waals surface area contributed by atoms with Crippen molar-refractivity contribution in [2.45, 2.75) is 5.79 Å². The normalized spacial score (nSPS) is 21.2. The summed E-state index contributed by atoms with van der Waals surface area (Å²) in [5.74, 6) is -2.32. The summed E-state index contributed by atoms with van der Waals surface area (Å²) in [5.41, 5.74) is -1.30. The fraction of sp³-hybridized carbons (Fsp3) is 0.100. The number of para-hydroxylation sites is 1. The average Bonchev–Trinajstić information content (AvgIpc) is 2.85. The number of halogens is 1. The molecule has 2 radical (unpaired) electrons. The first-order chi connectivity index (χ1) is 8.54. The Balaban J connectivity index is 2.31. The predicted octanol–water partition coefficient (Wildman–Crippen LogP) is -0.344. The zero-order valence-corrected chi connectivity index (χ0v) is 9.00. The van der Waals surface area contributed by atoms with Gasteiger partial charge in [-0.05, 0) is 6.07 Å².